The quantitative estimate of drug-likeness (QED) is 0.565. The highest BCUT2D eigenvalue weighted by molar-refractivity contribution is 7.91. The number of aliphatic imine (C=N–C) groups is 1. The Balaban J connectivity index is 1.55. The van der Waals surface area contributed by atoms with Crippen LogP contribution >= 0.6 is 0 Å². The number of nitrogens with one attached hydrogen (secondary N) is 2. The molecule has 0 radical (unpaired) electrons. The average Bonchev–Trinajstić information content (AvgIpc) is 3.22. The molecule has 1 unspecified atom stereocenters. The molecule has 0 amide bonds. The zero-order valence-electron chi connectivity index (χ0n) is 16.5. The zero-order valence-corrected chi connectivity index (χ0v) is 17.4. The summed E-state index contributed by atoms with van der Waals surface area (Å²) in [6, 6.07) is 1.03. The summed E-state index contributed by atoms with van der Waals surface area (Å²) >= 11 is 0. The first-order chi connectivity index (χ1) is 12.4. The summed E-state index contributed by atoms with van der Waals surface area (Å²) in [5, 5.41) is 7.31. The lowest BCUT2D eigenvalue weighted by Crippen LogP contribution is -2.48. The molecule has 1 heterocycles. The third kappa shape index (κ3) is 5.86. The van der Waals surface area contributed by atoms with Crippen molar-refractivity contribution in [3.05, 3.63) is 0 Å². The zero-order chi connectivity index (χ0) is 18.6. The Kier molecular flexibility index (Phi) is 6.87. The van der Waals surface area contributed by atoms with Gasteiger partial charge in [-0.25, -0.2) is 8.42 Å². The number of rotatable bonds is 5. The Hall–Kier alpha value is -0.780. The van der Waals surface area contributed by atoms with E-state index in [0.29, 0.717) is 30.1 Å². The Morgan fingerprint density at radius 2 is 1.58 bits per heavy atom. The van der Waals surface area contributed by atoms with Gasteiger partial charge < -0.3 is 10.6 Å². The van der Waals surface area contributed by atoms with E-state index in [-0.39, 0.29) is 5.92 Å². The maximum absolute atomic E-state index is 11.7. The fourth-order valence-corrected chi connectivity index (χ4v) is 6.61. The molecule has 1 aliphatic heterocycles. The molecule has 1 saturated heterocycles. The number of hydrogen-bond donors (Lipinski definition) is 2. The molecule has 1 atom stereocenters. The maximum Gasteiger partial charge on any atom is 0.191 e. The summed E-state index contributed by atoms with van der Waals surface area (Å²) in [6.07, 6.45) is 10.8. The fourth-order valence-electron chi connectivity index (χ4n) is 4.76. The van der Waals surface area contributed by atoms with Gasteiger partial charge in [-0.1, -0.05) is 26.7 Å². The van der Waals surface area contributed by atoms with Gasteiger partial charge in [-0.05, 0) is 62.7 Å². The van der Waals surface area contributed by atoms with E-state index in [1.165, 1.54) is 51.4 Å². The summed E-state index contributed by atoms with van der Waals surface area (Å²) in [6.45, 7) is 5.30. The summed E-state index contributed by atoms with van der Waals surface area (Å²) in [5.41, 5.74) is 0. The van der Waals surface area contributed by atoms with Crippen molar-refractivity contribution in [1.29, 1.82) is 0 Å². The van der Waals surface area contributed by atoms with Crippen LogP contribution in [0, 0.1) is 17.8 Å². The molecule has 5 nitrogen and oxygen atoms in total. The molecule has 26 heavy (non-hydrogen) atoms. The molecule has 3 rings (SSSR count). The number of guanidine groups is 1. The molecule has 2 saturated carbocycles. The summed E-state index contributed by atoms with van der Waals surface area (Å²) in [4.78, 5) is 4.81. The Morgan fingerprint density at radius 1 is 0.962 bits per heavy atom. The van der Waals surface area contributed by atoms with E-state index in [1.807, 2.05) is 0 Å². The van der Waals surface area contributed by atoms with Crippen molar-refractivity contribution in [1.82, 2.24) is 10.6 Å². The van der Waals surface area contributed by atoms with Crippen LogP contribution in [0.4, 0.5) is 0 Å². The van der Waals surface area contributed by atoms with Crippen LogP contribution in [0.1, 0.15) is 71.6 Å². The maximum atomic E-state index is 11.7. The lowest BCUT2D eigenvalue weighted by Gasteiger charge is -2.32. The first kappa shape index (κ1) is 20.0. The van der Waals surface area contributed by atoms with Crippen molar-refractivity contribution in [3.63, 3.8) is 0 Å². The first-order valence-corrected chi connectivity index (χ1v) is 12.5. The van der Waals surface area contributed by atoms with Crippen LogP contribution in [0.25, 0.3) is 0 Å². The molecule has 3 aliphatic rings. The van der Waals surface area contributed by atoms with Gasteiger partial charge in [0, 0.05) is 18.6 Å². The monoisotopic (exact) mass is 383 g/mol. The minimum absolute atomic E-state index is 0.193. The van der Waals surface area contributed by atoms with Gasteiger partial charge in [0.15, 0.2) is 15.8 Å². The molecule has 0 aromatic carbocycles. The van der Waals surface area contributed by atoms with E-state index in [2.05, 4.69) is 24.5 Å². The van der Waals surface area contributed by atoms with Crippen LogP contribution in [0.2, 0.25) is 0 Å². The van der Waals surface area contributed by atoms with Crippen LogP contribution in [0.3, 0.4) is 0 Å². The number of nitrogens with zero attached hydrogens (tertiary/aromatic N) is 1. The van der Waals surface area contributed by atoms with Gasteiger partial charge in [0.05, 0.1) is 11.5 Å². The van der Waals surface area contributed by atoms with Gasteiger partial charge in [0.25, 0.3) is 0 Å². The molecule has 2 N–H and O–H groups in total. The van der Waals surface area contributed by atoms with E-state index < -0.39 is 9.84 Å². The predicted molar refractivity (Wildman–Crippen MR) is 108 cm³/mol. The van der Waals surface area contributed by atoms with Crippen LogP contribution in [0.5, 0.6) is 0 Å². The second-order valence-electron chi connectivity index (χ2n) is 9.08. The second kappa shape index (κ2) is 8.94. The second-order valence-corrected chi connectivity index (χ2v) is 11.3. The third-order valence-electron chi connectivity index (χ3n) is 6.59. The Labute approximate surface area is 159 Å². The van der Waals surface area contributed by atoms with Crippen LogP contribution < -0.4 is 10.6 Å². The SMILES string of the molecule is CC(C)C1CCC(NC(=NCC2CCS(=O)(=O)C2)NC2CCCC2)CC1. The minimum atomic E-state index is -2.82. The van der Waals surface area contributed by atoms with Crippen molar-refractivity contribution in [2.75, 3.05) is 18.1 Å². The summed E-state index contributed by atoms with van der Waals surface area (Å²) < 4.78 is 23.4. The molecular formula is C20H37N3O2S. The summed E-state index contributed by atoms with van der Waals surface area (Å²) in [7, 11) is -2.82. The van der Waals surface area contributed by atoms with Crippen LogP contribution in [-0.4, -0.2) is 44.5 Å². The van der Waals surface area contributed by atoms with Gasteiger partial charge in [0.1, 0.15) is 0 Å². The predicted octanol–water partition coefficient (Wildman–Crippen LogP) is 3.11. The molecule has 3 fully saturated rings. The lowest BCUT2D eigenvalue weighted by atomic mass is 9.80. The van der Waals surface area contributed by atoms with Crippen molar-refractivity contribution in [3.8, 4) is 0 Å². The van der Waals surface area contributed by atoms with Crippen molar-refractivity contribution >= 4 is 15.8 Å². The molecular weight excluding hydrogens is 346 g/mol. The Morgan fingerprint density at radius 3 is 2.12 bits per heavy atom. The van der Waals surface area contributed by atoms with Crippen molar-refractivity contribution < 1.29 is 8.42 Å². The number of hydrogen-bond acceptors (Lipinski definition) is 3. The molecule has 0 bridgehead atoms. The standard InChI is InChI=1S/C20H37N3O2S/c1-15(2)17-7-9-19(10-8-17)23-20(22-18-5-3-4-6-18)21-13-16-11-12-26(24,25)14-16/h15-19H,3-14H2,1-2H3,(H2,21,22,23). The van der Waals surface area contributed by atoms with E-state index in [4.69, 9.17) is 4.99 Å². The molecule has 0 spiro atoms. The van der Waals surface area contributed by atoms with E-state index in [1.54, 1.807) is 0 Å². The molecule has 6 heteroatoms. The van der Waals surface area contributed by atoms with Gasteiger partial charge in [-0.3, -0.25) is 4.99 Å². The molecule has 2 aliphatic carbocycles. The highest BCUT2D eigenvalue weighted by Crippen LogP contribution is 2.30. The van der Waals surface area contributed by atoms with Crippen molar-refractivity contribution in [2.45, 2.75) is 83.7 Å². The normalized spacial score (nSPS) is 32.9. The van der Waals surface area contributed by atoms with Gasteiger partial charge >= 0.3 is 0 Å². The largest absolute Gasteiger partial charge is 0.354 e. The average molecular weight is 384 g/mol. The highest BCUT2D eigenvalue weighted by Gasteiger charge is 2.28. The van der Waals surface area contributed by atoms with Crippen LogP contribution in [0.15, 0.2) is 4.99 Å². The molecule has 150 valence electrons. The third-order valence-corrected chi connectivity index (χ3v) is 8.42. The number of sulfone groups is 1. The summed E-state index contributed by atoms with van der Waals surface area (Å²) in [5.74, 6) is 3.41. The Bertz CT molecular complexity index is 574. The smallest absolute Gasteiger partial charge is 0.191 e. The van der Waals surface area contributed by atoms with Gasteiger partial charge in [0.2, 0.25) is 0 Å². The van der Waals surface area contributed by atoms with Gasteiger partial charge in [-0.2, -0.15) is 0 Å². The van der Waals surface area contributed by atoms with E-state index >= 15 is 0 Å². The molecule has 0 aromatic rings. The van der Waals surface area contributed by atoms with Crippen molar-refractivity contribution in [2.24, 2.45) is 22.7 Å². The topological polar surface area (TPSA) is 70.6 Å². The first-order valence-electron chi connectivity index (χ1n) is 10.7. The minimum Gasteiger partial charge on any atom is -0.354 e. The van der Waals surface area contributed by atoms with E-state index in [0.717, 1.165) is 24.2 Å². The fraction of sp³-hybridized carbons (Fsp3) is 0.950. The van der Waals surface area contributed by atoms with E-state index in [9.17, 15) is 8.42 Å². The van der Waals surface area contributed by atoms with Gasteiger partial charge in [-0.15, -0.1) is 0 Å². The molecule has 0 aromatic heterocycles. The highest BCUT2D eigenvalue weighted by atomic mass is 32.2. The van der Waals surface area contributed by atoms with Crippen LogP contribution in [-0.2, 0) is 9.84 Å². The lowest BCUT2D eigenvalue weighted by molar-refractivity contribution is 0.249.